The molecule has 1 fully saturated rings. The van der Waals surface area contributed by atoms with Crippen molar-refractivity contribution < 1.29 is 9.90 Å². The van der Waals surface area contributed by atoms with Crippen LogP contribution in [-0.4, -0.2) is 32.7 Å². The van der Waals surface area contributed by atoms with Gasteiger partial charge >= 0.3 is 0 Å². The molecule has 21 heavy (non-hydrogen) atoms. The Hall–Kier alpha value is -1.73. The average Bonchev–Trinajstić information content (AvgIpc) is 3.10. The number of nitrogens with one attached hydrogen (secondary N) is 1. The van der Waals surface area contributed by atoms with Crippen molar-refractivity contribution in [3.05, 3.63) is 28.1 Å². The smallest absolute Gasteiger partial charge is 0.262 e. The van der Waals surface area contributed by atoms with Crippen molar-refractivity contribution in [3.63, 3.8) is 0 Å². The fraction of sp³-hybridized carbons (Fsp3) is 0.500. The molecule has 0 aromatic carbocycles. The van der Waals surface area contributed by atoms with Gasteiger partial charge in [0.25, 0.3) is 5.56 Å². The molecule has 1 saturated carbocycles. The highest BCUT2D eigenvalue weighted by Crippen LogP contribution is 2.28. The van der Waals surface area contributed by atoms with E-state index in [4.69, 9.17) is 0 Å². The van der Waals surface area contributed by atoms with E-state index >= 15 is 0 Å². The van der Waals surface area contributed by atoms with Crippen LogP contribution < -0.4 is 10.9 Å². The number of nitrogens with zero attached hydrogens (tertiary/aromatic N) is 2. The van der Waals surface area contributed by atoms with Gasteiger partial charge in [0.15, 0.2) is 0 Å². The normalized spacial score (nSPS) is 17.2. The maximum atomic E-state index is 12.1. The Morgan fingerprint density at radius 3 is 3.00 bits per heavy atom. The van der Waals surface area contributed by atoms with Gasteiger partial charge in [0.05, 0.1) is 17.3 Å². The Kier molecular flexibility index (Phi) is 3.77. The van der Waals surface area contributed by atoms with E-state index < -0.39 is 5.60 Å². The number of thiophene rings is 1. The zero-order valence-corrected chi connectivity index (χ0v) is 12.4. The van der Waals surface area contributed by atoms with Crippen LogP contribution in [0, 0.1) is 0 Å². The third kappa shape index (κ3) is 2.98. The summed E-state index contributed by atoms with van der Waals surface area (Å²) in [7, 11) is 0. The summed E-state index contributed by atoms with van der Waals surface area (Å²) in [5.41, 5.74) is -0.994. The summed E-state index contributed by atoms with van der Waals surface area (Å²) >= 11 is 1.40. The third-order valence-corrected chi connectivity index (χ3v) is 4.73. The molecule has 0 aliphatic heterocycles. The first kappa shape index (κ1) is 14.2. The summed E-state index contributed by atoms with van der Waals surface area (Å²) in [6.07, 6.45) is 4.81. The van der Waals surface area contributed by atoms with E-state index in [9.17, 15) is 14.7 Å². The minimum Gasteiger partial charge on any atom is -0.388 e. The van der Waals surface area contributed by atoms with E-state index in [0.29, 0.717) is 10.2 Å². The van der Waals surface area contributed by atoms with Gasteiger partial charge in [-0.3, -0.25) is 14.2 Å². The highest BCUT2D eigenvalue weighted by atomic mass is 32.1. The van der Waals surface area contributed by atoms with E-state index in [2.05, 4.69) is 10.3 Å². The van der Waals surface area contributed by atoms with Gasteiger partial charge in [0.2, 0.25) is 5.91 Å². The number of hydrogen-bond donors (Lipinski definition) is 2. The van der Waals surface area contributed by atoms with Gasteiger partial charge in [0.1, 0.15) is 11.4 Å². The van der Waals surface area contributed by atoms with Gasteiger partial charge in [-0.15, -0.1) is 11.3 Å². The second kappa shape index (κ2) is 5.57. The summed E-state index contributed by atoms with van der Waals surface area (Å²) < 4.78 is 1.29. The topological polar surface area (TPSA) is 84.2 Å². The first-order valence-electron chi connectivity index (χ1n) is 6.99. The van der Waals surface area contributed by atoms with Crippen LogP contribution in [0.2, 0.25) is 0 Å². The number of rotatable bonds is 4. The van der Waals surface area contributed by atoms with Gasteiger partial charge in [0, 0.05) is 6.54 Å². The molecule has 0 radical (unpaired) electrons. The number of aromatic nitrogens is 2. The molecule has 1 aliphatic rings. The summed E-state index contributed by atoms with van der Waals surface area (Å²) in [5.74, 6) is -0.284. The van der Waals surface area contributed by atoms with E-state index in [1.165, 1.54) is 22.2 Å². The van der Waals surface area contributed by atoms with Crippen LogP contribution in [0.4, 0.5) is 0 Å². The fourth-order valence-corrected chi connectivity index (χ4v) is 3.41. The lowest BCUT2D eigenvalue weighted by Crippen LogP contribution is -2.42. The monoisotopic (exact) mass is 307 g/mol. The van der Waals surface area contributed by atoms with E-state index in [0.717, 1.165) is 25.7 Å². The van der Waals surface area contributed by atoms with Gasteiger partial charge in [-0.1, -0.05) is 12.8 Å². The Labute approximate surface area is 125 Å². The van der Waals surface area contributed by atoms with Crippen LogP contribution >= 0.6 is 11.3 Å². The first-order chi connectivity index (χ1) is 10.1. The molecule has 2 N–H and O–H groups in total. The van der Waals surface area contributed by atoms with Crippen molar-refractivity contribution >= 4 is 27.5 Å². The number of hydrogen-bond acceptors (Lipinski definition) is 5. The maximum Gasteiger partial charge on any atom is 0.262 e. The lowest BCUT2D eigenvalue weighted by molar-refractivity contribution is -0.123. The minimum atomic E-state index is -0.782. The SMILES string of the molecule is O=C(Cn1cnc2sccc2c1=O)NCC1(O)CCCC1. The Morgan fingerprint density at radius 2 is 2.24 bits per heavy atom. The van der Waals surface area contributed by atoms with Crippen LogP contribution in [0.25, 0.3) is 10.2 Å². The molecule has 2 heterocycles. The molecule has 112 valence electrons. The van der Waals surface area contributed by atoms with Gasteiger partial charge in [-0.05, 0) is 24.3 Å². The highest BCUT2D eigenvalue weighted by molar-refractivity contribution is 7.16. The van der Waals surface area contributed by atoms with Gasteiger partial charge < -0.3 is 10.4 Å². The number of carbonyl (C=O) groups is 1. The number of fused-ring (bicyclic) bond motifs is 1. The number of aliphatic hydroxyl groups is 1. The molecule has 3 rings (SSSR count). The van der Waals surface area contributed by atoms with Crippen LogP contribution in [0.3, 0.4) is 0 Å². The predicted octanol–water partition coefficient (Wildman–Crippen LogP) is 0.879. The maximum absolute atomic E-state index is 12.1. The summed E-state index contributed by atoms with van der Waals surface area (Å²) in [6, 6.07) is 1.71. The summed E-state index contributed by atoms with van der Waals surface area (Å²) in [4.78, 5) is 28.9. The van der Waals surface area contributed by atoms with Gasteiger partial charge in [-0.2, -0.15) is 0 Å². The van der Waals surface area contributed by atoms with E-state index in [-0.39, 0.29) is 24.6 Å². The number of carbonyl (C=O) groups excluding carboxylic acids is 1. The van der Waals surface area contributed by atoms with Crippen molar-refractivity contribution in [3.8, 4) is 0 Å². The van der Waals surface area contributed by atoms with Crippen molar-refractivity contribution in [2.24, 2.45) is 0 Å². The average molecular weight is 307 g/mol. The molecule has 6 nitrogen and oxygen atoms in total. The van der Waals surface area contributed by atoms with Gasteiger partial charge in [-0.25, -0.2) is 4.98 Å². The molecule has 2 aromatic heterocycles. The standard InChI is InChI=1S/C14H17N3O3S/c18-11(15-8-14(20)4-1-2-5-14)7-17-9-16-12-10(13(17)19)3-6-21-12/h3,6,9,20H,1-2,4-5,7-8H2,(H,15,18). The molecule has 0 saturated heterocycles. The van der Waals surface area contributed by atoms with Crippen LogP contribution in [0.15, 0.2) is 22.6 Å². The molecular weight excluding hydrogens is 290 g/mol. The Bertz CT molecular complexity index is 716. The molecule has 2 aromatic rings. The molecule has 0 atom stereocenters. The zero-order valence-electron chi connectivity index (χ0n) is 11.5. The van der Waals surface area contributed by atoms with Crippen molar-refractivity contribution in [1.29, 1.82) is 0 Å². The number of amides is 1. The lowest BCUT2D eigenvalue weighted by Gasteiger charge is -2.22. The van der Waals surface area contributed by atoms with Crippen molar-refractivity contribution in [1.82, 2.24) is 14.9 Å². The molecule has 1 amide bonds. The molecular formula is C14H17N3O3S. The van der Waals surface area contributed by atoms with E-state index in [1.807, 2.05) is 0 Å². The summed E-state index contributed by atoms with van der Waals surface area (Å²) in [5, 5.41) is 15.2. The zero-order chi connectivity index (χ0) is 14.9. The predicted molar refractivity (Wildman–Crippen MR) is 80.3 cm³/mol. The first-order valence-corrected chi connectivity index (χ1v) is 7.87. The molecule has 7 heteroatoms. The van der Waals surface area contributed by atoms with Crippen LogP contribution in [-0.2, 0) is 11.3 Å². The third-order valence-electron chi connectivity index (χ3n) is 3.91. The molecule has 0 spiro atoms. The van der Waals surface area contributed by atoms with Crippen LogP contribution in [0.5, 0.6) is 0 Å². The second-order valence-electron chi connectivity index (χ2n) is 5.53. The van der Waals surface area contributed by atoms with Crippen LogP contribution in [0.1, 0.15) is 25.7 Å². The summed E-state index contributed by atoms with van der Waals surface area (Å²) in [6.45, 7) is 0.169. The molecule has 1 aliphatic carbocycles. The lowest BCUT2D eigenvalue weighted by atomic mass is 10.0. The largest absolute Gasteiger partial charge is 0.388 e. The minimum absolute atomic E-state index is 0.0757. The van der Waals surface area contributed by atoms with Crippen molar-refractivity contribution in [2.45, 2.75) is 37.8 Å². The Balaban J connectivity index is 1.66. The molecule has 0 unspecified atom stereocenters. The second-order valence-corrected chi connectivity index (χ2v) is 6.42. The fourth-order valence-electron chi connectivity index (χ4n) is 2.69. The highest BCUT2D eigenvalue weighted by Gasteiger charge is 2.31. The van der Waals surface area contributed by atoms with Crippen molar-refractivity contribution in [2.75, 3.05) is 6.54 Å². The van der Waals surface area contributed by atoms with E-state index in [1.54, 1.807) is 11.4 Å². The molecule has 0 bridgehead atoms. The quantitative estimate of drug-likeness (QED) is 0.878. The Morgan fingerprint density at radius 1 is 1.48 bits per heavy atom.